The number of anilines is 1. The van der Waals surface area contributed by atoms with Crippen molar-refractivity contribution in [2.24, 2.45) is 5.10 Å². The first-order chi connectivity index (χ1) is 18.6. The molecule has 0 atom stereocenters. The number of methoxy groups -OCH3 is 1. The molecule has 8 nitrogen and oxygen atoms in total. The zero-order chi connectivity index (χ0) is 26.5. The second kappa shape index (κ2) is 11.8. The quantitative estimate of drug-likeness (QED) is 0.136. The SMILES string of the molecule is CCCCn1c2ccccc2c2nnc(N/N=C/c3cc(Br)c(OCc4ccccc4Cl)c(OC)c3)nc21. The molecular formula is C28H26BrClN6O2. The van der Waals surface area contributed by atoms with Gasteiger partial charge in [-0.3, -0.25) is 0 Å². The summed E-state index contributed by atoms with van der Waals surface area (Å²) >= 11 is 9.84. The van der Waals surface area contributed by atoms with Gasteiger partial charge < -0.3 is 14.0 Å². The zero-order valence-electron chi connectivity index (χ0n) is 21.0. The van der Waals surface area contributed by atoms with Crippen LogP contribution >= 0.6 is 27.5 Å². The third-order valence-corrected chi connectivity index (χ3v) is 7.03. The van der Waals surface area contributed by atoms with Crippen LogP contribution in [0.25, 0.3) is 22.1 Å². The Kier molecular flexibility index (Phi) is 8.05. The number of nitrogens with zero attached hydrogens (tertiary/aromatic N) is 5. The second-order valence-corrected chi connectivity index (χ2v) is 9.88. The summed E-state index contributed by atoms with van der Waals surface area (Å²) in [6.07, 6.45) is 3.80. The monoisotopic (exact) mass is 592 g/mol. The van der Waals surface area contributed by atoms with Gasteiger partial charge in [-0.2, -0.15) is 10.1 Å². The highest BCUT2D eigenvalue weighted by atomic mass is 79.9. The van der Waals surface area contributed by atoms with E-state index in [1.807, 2.05) is 48.5 Å². The molecule has 5 rings (SSSR count). The van der Waals surface area contributed by atoms with Gasteiger partial charge in [0.05, 0.1) is 23.3 Å². The lowest BCUT2D eigenvalue weighted by Crippen LogP contribution is -2.03. The number of unbranched alkanes of at least 4 members (excludes halogenated alkanes) is 1. The van der Waals surface area contributed by atoms with Crippen molar-refractivity contribution in [1.29, 1.82) is 0 Å². The Morgan fingerprint density at radius 2 is 1.92 bits per heavy atom. The number of rotatable bonds is 10. The molecule has 0 aliphatic heterocycles. The Balaban J connectivity index is 1.35. The van der Waals surface area contributed by atoms with E-state index < -0.39 is 0 Å². The van der Waals surface area contributed by atoms with Crippen LogP contribution in [0, 0.1) is 0 Å². The molecule has 2 aromatic heterocycles. The first-order valence-electron chi connectivity index (χ1n) is 12.2. The number of hydrogen-bond donors (Lipinski definition) is 1. The fourth-order valence-electron chi connectivity index (χ4n) is 4.18. The van der Waals surface area contributed by atoms with Crippen LogP contribution in [0.1, 0.15) is 30.9 Å². The van der Waals surface area contributed by atoms with Crippen molar-refractivity contribution in [3.63, 3.8) is 0 Å². The van der Waals surface area contributed by atoms with Crippen LogP contribution in [0.15, 0.2) is 70.2 Å². The minimum atomic E-state index is 0.311. The van der Waals surface area contributed by atoms with E-state index in [0.717, 1.165) is 57.1 Å². The van der Waals surface area contributed by atoms with Crippen LogP contribution in [0.4, 0.5) is 5.95 Å². The van der Waals surface area contributed by atoms with Crippen molar-refractivity contribution >= 4 is 61.8 Å². The number of halogens is 2. The van der Waals surface area contributed by atoms with E-state index in [9.17, 15) is 0 Å². The molecule has 0 amide bonds. The van der Waals surface area contributed by atoms with Gasteiger partial charge in [-0.1, -0.05) is 61.3 Å². The summed E-state index contributed by atoms with van der Waals surface area (Å²) in [7, 11) is 1.59. The lowest BCUT2D eigenvalue weighted by Gasteiger charge is -2.14. The van der Waals surface area contributed by atoms with Crippen molar-refractivity contribution in [3.05, 3.63) is 81.3 Å². The molecule has 194 valence electrons. The minimum absolute atomic E-state index is 0.311. The molecule has 3 aromatic carbocycles. The third-order valence-electron chi connectivity index (χ3n) is 6.07. The minimum Gasteiger partial charge on any atom is -0.493 e. The highest BCUT2D eigenvalue weighted by Crippen LogP contribution is 2.37. The molecule has 10 heteroatoms. The fourth-order valence-corrected chi connectivity index (χ4v) is 4.94. The Morgan fingerprint density at radius 3 is 2.74 bits per heavy atom. The number of aryl methyl sites for hydroxylation is 1. The summed E-state index contributed by atoms with van der Waals surface area (Å²) in [5.74, 6) is 1.46. The third kappa shape index (κ3) is 5.44. The molecular weight excluding hydrogens is 568 g/mol. The molecule has 38 heavy (non-hydrogen) atoms. The van der Waals surface area contributed by atoms with Crippen LogP contribution in [0.2, 0.25) is 5.02 Å². The summed E-state index contributed by atoms with van der Waals surface area (Å²) in [4.78, 5) is 4.72. The van der Waals surface area contributed by atoms with Crippen LogP contribution in [0.3, 0.4) is 0 Å². The van der Waals surface area contributed by atoms with Crippen LogP contribution < -0.4 is 14.9 Å². The highest BCUT2D eigenvalue weighted by molar-refractivity contribution is 9.10. The average molecular weight is 594 g/mol. The lowest BCUT2D eigenvalue weighted by molar-refractivity contribution is 0.282. The zero-order valence-corrected chi connectivity index (χ0v) is 23.3. The first-order valence-corrected chi connectivity index (χ1v) is 13.4. The largest absolute Gasteiger partial charge is 0.493 e. The van der Waals surface area contributed by atoms with E-state index >= 15 is 0 Å². The molecule has 0 saturated carbocycles. The van der Waals surface area contributed by atoms with E-state index in [2.05, 4.69) is 60.3 Å². The van der Waals surface area contributed by atoms with Gasteiger partial charge in [-0.05, 0) is 52.2 Å². The number of nitrogens with one attached hydrogen (secondary N) is 1. The van der Waals surface area contributed by atoms with E-state index in [1.165, 1.54) is 0 Å². The molecule has 0 aliphatic rings. The van der Waals surface area contributed by atoms with Gasteiger partial charge in [0, 0.05) is 22.5 Å². The van der Waals surface area contributed by atoms with Crippen molar-refractivity contribution in [1.82, 2.24) is 19.7 Å². The van der Waals surface area contributed by atoms with E-state index in [4.69, 9.17) is 26.1 Å². The highest BCUT2D eigenvalue weighted by Gasteiger charge is 2.15. The number of aromatic nitrogens is 4. The number of ether oxygens (including phenoxy) is 2. The normalized spacial score (nSPS) is 11.5. The molecule has 1 N–H and O–H groups in total. The molecule has 0 aliphatic carbocycles. The molecule has 2 heterocycles. The molecule has 0 saturated heterocycles. The number of benzene rings is 3. The standard InChI is InChI=1S/C28H26BrClN6O2/c1-3-4-13-36-23-12-8-6-10-20(23)25-27(36)32-28(35-33-25)34-31-16-18-14-21(29)26(24(15-18)37-2)38-17-19-9-5-7-11-22(19)30/h5-12,14-16H,3-4,13,17H2,1-2H3,(H,32,34,35)/b31-16+. The molecule has 0 fully saturated rings. The summed E-state index contributed by atoms with van der Waals surface area (Å²) in [6, 6.07) is 19.5. The number of para-hydroxylation sites is 1. The predicted octanol–water partition coefficient (Wildman–Crippen LogP) is 7.23. The van der Waals surface area contributed by atoms with Crippen molar-refractivity contribution in [3.8, 4) is 11.5 Å². The molecule has 0 bridgehead atoms. The maximum Gasteiger partial charge on any atom is 0.265 e. The summed E-state index contributed by atoms with van der Waals surface area (Å²) < 4.78 is 14.5. The number of hydrazone groups is 1. The molecule has 0 radical (unpaired) electrons. The van der Waals surface area contributed by atoms with Crippen LogP contribution in [0.5, 0.6) is 11.5 Å². The average Bonchev–Trinajstić information content (AvgIpc) is 3.24. The van der Waals surface area contributed by atoms with Crippen molar-refractivity contribution in [2.45, 2.75) is 32.9 Å². The predicted molar refractivity (Wildman–Crippen MR) is 155 cm³/mol. The van der Waals surface area contributed by atoms with Gasteiger partial charge in [0.1, 0.15) is 12.1 Å². The first kappa shape index (κ1) is 25.9. The van der Waals surface area contributed by atoms with Gasteiger partial charge in [0.25, 0.3) is 5.95 Å². The van der Waals surface area contributed by atoms with Gasteiger partial charge >= 0.3 is 0 Å². The molecule has 0 unspecified atom stereocenters. The van der Waals surface area contributed by atoms with E-state index in [0.29, 0.717) is 29.1 Å². The Labute approximate surface area is 233 Å². The van der Waals surface area contributed by atoms with Gasteiger partial charge in [-0.15, -0.1) is 10.2 Å². The molecule has 0 spiro atoms. The summed E-state index contributed by atoms with van der Waals surface area (Å²) in [5.41, 5.74) is 7.26. The smallest absolute Gasteiger partial charge is 0.265 e. The summed E-state index contributed by atoms with van der Waals surface area (Å²) in [6.45, 7) is 3.35. The lowest BCUT2D eigenvalue weighted by atomic mass is 10.2. The van der Waals surface area contributed by atoms with Crippen LogP contribution in [-0.4, -0.2) is 33.1 Å². The van der Waals surface area contributed by atoms with Gasteiger partial charge in [0.2, 0.25) is 0 Å². The van der Waals surface area contributed by atoms with E-state index in [1.54, 1.807) is 13.3 Å². The maximum absolute atomic E-state index is 6.26. The van der Waals surface area contributed by atoms with Crippen molar-refractivity contribution in [2.75, 3.05) is 12.5 Å². The number of hydrogen-bond acceptors (Lipinski definition) is 7. The summed E-state index contributed by atoms with van der Waals surface area (Å²) in [5, 5.41) is 14.7. The van der Waals surface area contributed by atoms with Crippen molar-refractivity contribution < 1.29 is 9.47 Å². The van der Waals surface area contributed by atoms with E-state index in [-0.39, 0.29) is 0 Å². The molecule has 5 aromatic rings. The van der Waals surface area contributed by atoms with Gasteiger partial charge in [0.15, 0.2) is 17.1 Å². The van der Waals surface area contributed by atoms with Gasteiger partial charge in [-0.25, -0.2) is 5.43 Å². The van der Waals surface area contributed by atoms with Crippen LogP contribution in [-0.2, 0) is 13.2 Å². The maximum atomic E-state index is 6.26. The number of fused-ring (bicyclic) bond motifs is 3. The topological polar surface area (TPSA) is 86.5 Å². The Hall–Kier alpha value is -3.69. The fraction of sp³-hybridized carbons (Fsp3) is 0.214. The Morgan fingerprint density at radius 1 is 1.11 bits per heavy atom. The Bertz CT molecular complexity index is 1620. The second-order valence-electron chi connectivity index (χ2n) is 8.61.